The predicted octanol–water partition coefficient (Wildman–Crippen LogP) is 4.32. The molecule has 162 valence electrons. The first-order chi connectivity index (χ1) is 15.4. The highest BCUT2D eigenvalue weighted by Crippen LogP contribution is 2.26. The summed E-state index contributed by atoms with van der Waals surface area (Å²) < 4.78 is 2.64. The van der Waals surface area contributed by atoms with Gasteiger partial charge in [-0.1, -0.05) is 59.0 Å². The van der Waals surface area contributed by atoms with Crippen LogP contribution >= 0.6 is 23.2 Å². The van der Waals surface area contributed by atoms with Crippen LogP contribution < -0.4 is 14.5 Å². The average Bonchev–Trinajstić information content (AvgIpc) is 2.79. The number of aromatic nitrogens is 2. The lowest BCUT2D eigenvalue weighted by Crippen LogP contribution is -2.49. The molecule has 3 aromatic carbocycles. The van der Waals surface area contributed by atoms with Crippen LogP contribution in [-0.4, -0.2) is 16.1 Å². The lowest BCUT2D eigenvalue weighted by Gasteiger charge is -2.07. The number of para-hydroxylation sites is 1. The van der Waals surface area contributed by atoms with Crippen molar-refractivity contribution in [2.75, 3.05) is 5.32 Å². The van der Waals surface area contributed by atoms with Crippen LogP contribution in [0, 0.1) is 0 Å². The Morgan fingerprint density at radius 1 is 0.969 bits per heavy atom. The van der Waals surface area contributed by atoms with Crippen LogP contribution in [0.15, 0.2) is 66.7 Å². The molecule has 1 amide bonds. The van der Waals surface area contributed by atoms with Crippen LogP contribution in [0.3, 0.4) is 0 Å². The van der Waals surface area contributed by atoms with E-state index in [-0.39, 0.29) is 29.4 Å². The van der Waals surface area contributed by atoms with Crippen molar-refractivity contribution in [3.05, 3.63) is 82.3 Å². The van der Waals surface area contributed by atoms with Crippen LogP contribution in [0.25, 0.3) is 16.6 Å². The number of fused-ring (bicyclic) bond motifs is 1. The first-order valence-electron chi connectivity index (χ1n) is 10.0. The number of halogens is 2. The highest BCUT2D eigenvalue weighted by molar-refractivity contribution is 6.42. The molecule has 0 aliphatic rings. The number of carbonyl (C=O) groups excluding carboxylic acids is 1. The highest BCUT2D eigenvalue weighted by atomic mass is 35.5. The van der Waals surface area contributed by atoms with Gasteiger partial charge < -0.3 is 15.5 Å². The largest absolute Gasteiger partial charge is 0.638 e. The Balaban J connectivity index is 1.77. The fourth-order valence-electron chi connectivity index (χ4n) is 3.53. The number of hydrogen-bond donors (Lipinski definition) is 3. The van der Waals surface area contributed by atoms with Crippen molar-refractivity contribution in [1.82, 2.24) is 0 Å². The maximum atomic E-state index is 12.8. The van der Waals surface area contributed by atoms with Crippen molar-refractivity contribution in [3.8, 4) is 17.6 Å². The van der Waals surface area contributed by atoms with E-state index in [2.05, 4.69) is 12.2 Å². The van der Waals surface area contributed by atoms with Gasteiger partial charge in [0, 0.05) is 23.9 Å². The number of aryl methyl sites for hydroxylation is 1. The van der Waals surface area contributed by atoms with Crippen molar-refractivity contribution < 1.29 is 24.1 Å². The first kappa shape index (κ1) is 21.9. The van der Waals surface area contributed by atoms with Gasteiger partial charge in [-0.05, 0) is 40.8 Å². The molecule has 0 fully saturated rings. The molecule has 0 saturated carbocycles. The minimum Gasteiger partial charge on any atom is -0.459 e. The van der Waals surface area contributed by atoms with Crippen LogP contribution in [0.5, 0.6) is 11.9 Å². The normalized spacial score (nSPS) is 11.0. The van der Waals surface area contributed by atoms with Gasteiger partial charge in [-0.3, -0.25) is 4.79 Å². The number of rotatable bonds is 5. The summed E-state index contributed by atoms with van der Waals surface area (Å²) in [6.45, 7) is 1.88. The van der Waals surface area contributed by atoms with Gasteiger partial charge in [0.15, 0.2) is 5.39 Å². The zero-order chi connectivity index (χ0) is 22.8. The van der Waals surface area contributed by atoms with E-state index in [0.29, 0.717) is 27.3 Å². The Kier molecular flexibility index (Phi) is 6.17. The Morgan fingerprint density at radius 3 is 2.38 bits per heavy atom. The third-order valence-electron chi connectivity index (χ3n) is 5.20. The Morgan fingerprint density at radius 2 is 1.69 bits per heavy atom. The zero-order valence-electron chi connectivity index (χ0n) is 17.2. The van der Waals surface area contributed by atoms with E-state index in [1.54, 1.807) is 36.4 Å². The van der Waals surface area contributed by atoms with Crippen LogP contribution in [0.4, 0.5) is 5.69 Å². The quantitative estimate of drug-likeness (QED) is 0.380. The van der Waals surface area contributed by atoms with Gasteiger partial charge in [0.05, 0.1) is 10.0 Å². The molecule has 1 aromatic heterocycles. The number of anilines is 1. The van der Waals surface area contributed by atoms with Gasteiger partial charge >= 0.3 is 11.9 Å². The summed E-state index contributed by atoms with van der Waals surface area (Å²) in [5, 5.41) is 25.9. The second-order valence-electron chi connectivity index (χ2n) is 7.26. The van der Waals surface area contributed by atoms with Crippen molar-refractivity contribution in [1.29, 1.82) is 0 Å². The third kappa shape index (κ3) is 4.20. The molecule has 8 heteroatoms. The summed E-state index contributed by atoms with van der Waals surface area (Å²) in [7, 11) is 0. The summed E-state index contributed by atoms with van der Waals surface area (Å²) in [4.78, 5) is 12.8. The number of nitrogens with one attached hydrogen (secondary N) is 1. The standard InChI is InChI=1S/C24H19Cl2N3O3/c1-2-15-7-9-16(10-8-15)27-22(30)14-28-21-6-4-3-5-18(21)23(31)29(24(28)32)17-11-12-19(25)20(26)13-17/h3-13H,2,14H2,1H3,(H,27,30)/p+2. The monoisotopic (exact) mass is 469 g/mol. The first-order valence-corrected chi connectivity index (χ1v) is 10.8. The van der Waals surface area contributed by atoms with Crippen LogP contribution in [0.2, 0.25) is 10.0 Å². The van der Waals surface area contributed by atoms with Crippen LogP contribution in [0.1, 0.15) is 12.5 Å². The van der Waals surface area contributed by atoms with Gasteiger partial charge in [-0.15, -0.1) is 0 Å². The van der Waals surface area contributed by atoms with Gasteiger partial charge in [0.1, 0.15) is 0 Å². The van der Waals surface area contributed by atoms with E-state index in [9.17, 15) is 15.0 Å². The third-order valence-corrected chi connectivity index (χ3v) is 5.94. The molecule has 6 nitrogen and oxygen atoms in total. The van der Waals surface area contributed by atoms with Gasteiger partial charge in [-0.25, -0.2) is 0 Å². The molecule has 0 aliphatic carbocycles. The molecular weight excluding hydrogens is 449 g/mol. The summed E-state index contributed by atoms with van der Waals surface area (Å²) in [6, 6.07) is 18.9. The second kappa shape index (κ2) is 9.02. The van der Waals surface area contributed by atoms with Crippen molar-refractivity contribution in [2.24, 2.45) is 0 Å². The molecule has 0 aliphatic heterocycles. The Labute approximate surface area is 194 Å². The van der Waals surface area contributed by atoms with E-state index >= 15 is 0 Å². The SMILES string of the molecule is CCc1ccc(NC(=O)C[n+]2c(O)[n+](-c3ccc(Cl)c(Cl)c3)c(O)c3ccccc32)cc1. The molecular formula is C24H21Cl2N3O3+2. The van der Waals surface area contributed by atoms with Crippen molar-refractivity contribution >= 4 is 45.7 Å². The van der Waals surface area contributed by atoms with E-state index in [4.69, 9.17) is 23.2 Å². The summed E-state index contributed by atoms with van der Waals surface area (Å²) in [6.07, 6.45) is 0.909. The molecule has 4 rings (SSSR count). The number of nitrogens with zero attached hydrogens (tertiary/aromatic N) is 2. The van der Waals surface area contributed by atoms with Crippen molar-refractivity contribution in [3.63, 3.8) is 0 Å². The molecule has 0 bridgehead atoms. The van der Waals surface area contributed by atoms with E-state index < -0.39 is 0 Å². The molecule has 4 aromatic rings. The van der Waals surface area contributed by atoms with E-state index in [1.807, 2.05) is 24.3 Å². The molecule has 32 heavy (non-hydrogen) atoms. The van der Waals surface area contributed by atoms with Crippen LogP contribution in [-0.2, 0) is 17.8 Å². The van der Waals surface area contributed by atoms with Gasteiger partial charge in [-0.2, -0.15) is 0 Å². The van der Waals surface area contributed by atoms with Gasteiger partial charge in [0.2, 0.25) is 17.7 Å². The molecule has 0 unspecified atom stereocenters. The molecule has 0 atom stereocenters. The second-order valence-corrected chi connectivity index (χ2v) is 8.07. The summed E-state index contributed by atoms with van der Waals surface area (Å²) in [5.74, 6) is -0.519. The average molecular weight is 470 g/mol. The topological polar surface area (TPSA) is 77.3 Å². The minimum absolute atomic E-state index is 0.177. The molecule has 3 N–H and O–H groups in total. The summed E-state index contributed by atoms with van der Waals surface area (Å²) >= 11 is 12.2. The van der Waals surface area contributed by atoms with E-state index in [0.717, 1.165) is 6.42 Å². The minimum atomic E-state index is -0.337. The number of carbonyl (C=O) groups is 1. The number of hydrogen-bond acceptors (Lipinski definition) is 3. The summed E-state index contributed by atoms with van der Waals surface area (Å²) in [5.41, 5.74) is 2.72. The molecule has 0 saturated heterocycles. The lowest BCUT2D eigenvalue weighted by atomic mass is 10.1. The smallest absolute Gasteiger partial charge is 0.459 e. The molecule has 0 spiro atoms. The lowest BCUT2D eigenvalue weighted by molar-refractivity contribution is -0.774. The number of benzene rings is 3. The maximum Gasteiger partial charge on any atom is 0.638 e. The highest BCUT2D eigenvalue weighted by Gasteiger charge is 2.36. The fraction of sp³-hybridized carbons (Fsp3) is 0.125. The van der Waals surface area contributed by atoms with E-state index in [1.165, 1.54) is 20.8 Å². The predicted molar refractivity (Wildman–Crippen MR) is 123 cm³/mol. The maximum absolute atomic E-state index is 12.8. The number of amides is 1. The Hall–Kier alpha value is -3.35. The van der Waals surface area contributed by atoms with Gasteiger partial charge in [0.25, 0.3) is 5.91 Å². The fourth-order valence-corrected chi connectivity index (χ4v) is 3.82. The zero-order valence-corrected chi connectivity index (χ0v) is 18.7. The molecule has 1 heterocycles. The number of aromatic hydroxyl groups is 2. The molecule has 0 radical (unpaired) electrons. The van der Waals surface area contributed by atoms with Crippen molar-refractivity contribution in [2.45, 2.75) is 19.9 Å². The Bertz CT molecular complexity index is 1320.